The Morgan fingerprint density at radius 3 is 2.60 bits per heavy atom. The third kappa shape index (κ3) is 5.78. The van der Waals surface area contributed by atoms with Gasteiger partial charge in [-0.2, -0.15) is 0 Å². The molecule has 1 atom stereocenters. The third-order valence-electron chi connectivity index (χ3n) is 5.04. The van der Waals surface area contributed by atoms with Crippen molar-refractivity contribution in [1.82, 2.24) is 15.6 Å². The van der Waals surface area contributed by atoms with E-state index in [-0.39, 0.29) is 13.3 Å². The molecule has 0 saturated heterocycles. The second-order valence-corrected chi connectivity index (χ2v) is 9.89. The molecule has 9 nitrogen and oxygen atoms in total. The van der Waals surface area contributed by atoms with Gasteiger partial charge >= 0.3 is 11.8 Å². The second kappa shape index (κ2) is 10.1. The summed E-state index contributed by atoms with van der Waals surface area (Å²) in [4.78, 5) is 45.9. The molecule has 0 bridgehead atoms. The summed E-state index contributed by atoms with van der Waals surface area (Å²) >= 11 is 1.33. The van der Waals surface area contributed by atoms with Crippen LogP contribution in [0.3, 0.4) is 0 Å². The second-order valence-electron chi connectivity index (χ2n) is 8.91. The van der Waals surface area contributed by atoms with Gasteiger partial charge in [-0.3, -0.25) is 24.3 Å². The molecule has 1 unspecified atom stereocenters. The number of ether oxygens (including phenoxy) is 2. The Morgan fingerprint density at radius 2 is 1.91 bits per heavy atom. The molecule has 3 aromatic rings. The highest BCUT2D eigenvalue weighted by molar-refractivity contribution is 7.10. The summed E-state index contributed by atoms with van der Waals surface area (Å²) in [5.74, 6) is -0.919. The standard InChI is InChI=1S/C25H26N4O5S/c1-25(2,3)28-22(30)21(20-7-5-11-35-20)29(17-6-4-10-26-14-17)24(32)23(31)27-13-16-8-9-18-19(12-16)34-15-33-18/h4-12,14,21H,13,15H2,1-3H3,(H,27,31)(H,28,30). The molecule has 182 valence electrons. The average molecular weight is 495 g/mol. The molecule has 10 heteroatoms. The molecule has 4 rings (SSSR count). The van der Waals surface area contributed by atoms with E-state index in [1.165, 1.54) is 22.4 Å². The molecular formula is C25H26N4O5S. The lowest BCUT2D eigenvalue weighted by Crippen LogP contribution is -2.52. The first-order valence-corrected chi connectivity index (χ1v) is 11.9. The molecule has 0 saturated carbocycles. The average Bonchev–Trinajstić information content (AvgIpc) is 3.51. The van der Waals surface area contributed by atoms with Crippen LogP contribution in [0.4, 0.5) is 5.69 Å². The zero-order valence-electron chi connectivity index (χ0n) is 19.6. The minimum Gasteiger partial charge on any atom is -0.454 e. The summed E-state index contributed by atoms with van der Waals surface area (Å²) in [5.41, 5.74) is 0.527. The summed E-state index contributed by atoms with van der Waals surface area (Å²) < 4.78 is 10.7. The van der Waals surface area contributed by atoms with Gasteiger partial charge in [0.2, 0.25) is 12.7 Å². The maximum absolute atomic E-state index is 13.5. The summed E-state index contributed by atoms with van der Waals surface area (Å²) in [6, 6.07) is 11.1. The number of nitrogens with one attached hydrogen (secondary N) is 2. The van der Waals surface area contributed by atoms with Crippen LogP contribution in [-0.4, -0.2) is 35.0 Å². The zero-order chi connectivity index (χ0) is 25.0. The Kier molecular flexibility index (Phi) is 7.02. The molecule has 2 N–H and O–H groups in total. The molecule has 0 aliphatic carbocycles. The van der Waals surface area contributed by atoms with Crippen LogP contribution in [0.2, 0.25) is 0 Å². The van der Waals surface area contributed by atoms with E-state index in [0.717, 1.165) is 5.56 Å². The summed E-state index contributed by atoms with van der Waals surface area (Å²) in [7, 11) is 0. The van der Waals surface area contributed by atoms with Crippen molar-refractivity contribution in [2.45, 2.75) is 38.9 Å². The van der Waals surface area contributed by atoms with E-state index in [1.54, 1.807) is 48.7 Å². The van der Waals surface area contributed by atoms with Gasteiger partial charge in [0.25, 0.3) is 0 Å². The highest BCUT2D eigenvalue weighted by Crippen LogP contribution is 2.33. The summed E-state index contributed by atoms with van der Waals surface area (Å²) in [5, 5.41) is 7.40. The molecule has 1 aliphatic rings. The van der Waals surface area contributed by atoms with Crippen molar-refractivity contribution < 1.29 is 23.9 Å². The molecule has 3 amide bonds. The smallest absolute Gasteiger partial charge is 0.317 e. The fraction of sp³-hybridized carbons (Fsp3) is 0.280. The largest absolute Gasteiger partial charge is 0.454 e. The molecule has 0 radical (unpaired) electrons. The monoisotopic (exact) mass is 494 g/mol. The van der Waals surface area contributed by atoms with Crippen molar-refractivity contribution in [3.05, 3.63) is 70.7 Å². The number of benzene rings is 1. The lowest BCUT2D eigenvalue weighted by Gasteiger charge is -2.32. The highest BCUT2D eigenvalue weighted by atomic mass is 32.1. The predicted molar refractivity (Wildman–Crippen MR) is 131 cm³/mol. The number of hydrogen-bond acceptors (Lipinski definition) is 7. The van der Waals surface area contributed by atoms with E-state index in [1.807, 2.05) is 26.2 Å². The van der Waals surface area contributed by atoms with Crippen LogP contribution >= 0.6 is 11.3 Å². The number of pyridine rings is 1. The van der Waals surface area contributed by atoms with Gasteiger partial charge in [0, 0.05) is 23.2 Å². The summed E-state index contributed by atoms with van der Waals surface area (Å²) in [6.45, 7) is 5.80. The first kappa shape index (κ1) is 24.2. The Morgan fingerprint density at radius 1 is 1.11 bits per heavy atom. The van der Waals surface area contributed by atoms with Crippen LogP contribution < -0.4 is 25.0 Å². The van der Waals surface area contributed by atoms with E-state index in [4.69, 9.17) is 9.47 Å². The SMILES string of the molecule is CC(C)(C)NC(=O)C(c1cccs1)N(C(=O)C(=O)NCc1ccc2c(c1)OCO2)c1cccnc1. The van der Waals surface area contributed by atoms with E-state index >= 15 is 0 Å². The van der Waals surface area contributed by atoms with Gasteiger partial charge in [-0.25, -0.2) is 0 Å². The maximum atomic E-state index is 13.5. The van der Waals surface area contributed by atoms with Crippen molar-refractivity contribution >= 4 is 34.7 Å². The lowest BCUT2D eigenvalue weighted by molar-refractivity contribution is -0.138. The number of hydrogen-bond donors (Lipinski definition) is 2. The van der Waals surface area contributed by atoms with Crippen LogP contribution in [0.25, 0.3) is 0 Å². The minimum atomic E-state index is -1.05. The number of rotatable bonds is 6. The number of carbonyl (C=O) groups excluding carboxylic acids is 3. The molecule has 2 aromatic heterocycles. The van der Waals surface area contributed by atoms with Crippen LogP contribution in [0.1, 0.15) is 37.3 Å². The lowest BCUT2D eigenvalue weighted by atomic mass is 10.1. The van der Waals surface area contributed by atoms with Gasteiger partial charge < -0.3 is 20.1 Å². The van der Waals surface area contributed by atoms with Gasteiger partial charge in [0.05, 0.1) is 11.9 Å². The first-order valence-electron chi connectivity index (χ1n) is 11.0. The van der Waals surface area contributed by atoms with Crippen LogP contribution in [0.15, 0.2) is 60.2 Å². The quantitative estimate of drug-likeness (QED) is 0.510. The Bertz CT molecular complexity index is 1210. The number of carbonyl (C=O) groups is 3. The van der Waals surface area contributed by atoms with Gasteiger partial charge in [-0.05, 0) is 62.0 Å². The molecule has 1 aromatic carbocycles. The maximum Gasteiger partial charge on any atom is 0.317 e. The Labute approximate surface area is 207 Å². The molecule has 0 fully saturated rings. The van der Waals surface area contributed by atoms with E-state index < -0.39 is 29.3 Å². The Balaban J connectivity index is 1.61. The van der Waals surface area contributed by atoms with Gasteiger partial charge in [-0.1, -0.05) is 12.1 Å². The van der Waals surface area contributed by atoms with Crippen LogP contribution in [0, 0.1) is 0 Å². The number of fused-ring (bicyclic) bond motifs is 1. The van der Waals surface area contributed by atoms with Gasteiger partial charge in [0.1, 0.15) is 0 Å². The third-order valence-corrected chi connectivity index (χ3v) is 5.97. The van der Waals surface area contributed by atoms with Crippen molar-refractivity contribution in [2.24, 2.45) is 0 Å². The molecule has 35 heavy (non-hydrogen) atoms. The minimum absolute atomic E-state index is 0.0972. The van der Waals surface area contributed by atoms with Gasteiger partial charge in [0.15, 0.2) is 17.5 Å². The van der Waals surface area contributed by atoms with Crippen LogP contribution in [-0.2, 0) is 20.9 Å². The van der Waals surface area contributed by atoms with Crippen molar-refractivity contribution in [1.29, 1.82) is 0 Å². The van der Waals surface area contributed by atoms with E-state index in [0.29, 0.717) is 22.1 Å². The van der Waals surface area contributed by atoms with Crippen molar-refractivity contribution in [3.8, 4) is 11.5 Å². The molecule has 1 aliphatic heterocycles. The highest BCUT2D eigenvalue weighted by Gasteiger charge is 2.37. The molecule has 3 heterocycles. The zero-order valence-corrected chi connectivity index (χ0v) is 20.4. The Hall–Kier alpha value is -3.92. The molecule has 0 spiro atoms. The fourth-order valence-corrected chi connectivity index (χ4v) is 4.37. The predicted octanol–water partition coefficient (Wildman–Crippen LogP) is 3.18. The molecular weight excluding hydrogens is 468 g/mol. The number of nitrogens with zero attached hydrogens (tertiary/aromatic N) is 2. The van der Waals surface area contributed by atoms with Crippen molar-refractivity contribution in [3.63, 3.8) is 0 Å². The van der Waals surface area contributed by atoms with E-state index in [9.17, 15) is 14.4 Å². The number of anilines is 1. The van der Waals surface area contributed by atoms with Gasteiger partial charge in [-0.15, -0.1) is 11.3 Å². The summed E-state index contributed by atoms with van der Waals surface area (Å²) in [6.07, 6.45) is 3.01. The first-order chi connectivity index (χ1) is 16.7. The topological polar surface area (TPSA) is 110 Å². The van der Waals surface area contributed by atoms with Crippen LogP contribution in [0.5, 0.6) is 11.5 Å². The fourth-order valence-electron chi connectivity index (χ4n) is 3.56. The van der Waals surface area contributed by atoms with E-state index in [2.05, 4.69) is 15.6 Å². The number of amides is 3. The van der Waals surface area contributed by atoms with Crippen molar-refractivity contribution in [2.75, 3.05) is 11.7 Å². The number of aromatic nitrogens is 1. The normalized spacial score (nSPS) is 13.1. The number of thiophene rings is 1.